The summed E-state index contributed by atoms with van der Waals surface area (Å²) in [7, 11) is 0. The molecule has 112 valence electrons. The topological polar surface area (TPSA) is 24.5 Å². The maximum atomic E-state index is 13.3. The van der Waals surface area contributed by atoms with Crippen LogP contribution in [-0.2, 0) is 11.3 Å². The number of halogens is 2. The van der Waals surface area contributed by atoms with E-state index in [0.29, 0.717) is 16.6 Å². The quantitative estimate of drug-likeness (QED) is 0.888. The zero-order chi connectivity index (χ0) is 14.5. The summed E-state index contributed by atoms with van der Waals surface area (Å²) in [5.41, 5.74) is 1.12. The smallest absolute Gasteiger partial charge is 0.137 e. The van der Waals surface area contributed by atoms with E-state index in [1.165, 1.54) is 6.07 Å². The molecule has 0 bridgehead atoms. The van der Waals surface area contributed by atoms with E-state index in [9.17, 15) is 4.39 Å². The molecule has 1 aromatic carbocycles. The summed E-state index contributed by atoms with van der Waals surface area (Å²) in [5.74, 6) is -0.214. The van der Waals surface area contributed by atoms with Gasteiger partial charge in [0.1, 0.15) is 5.82 Å². The Balaban J connectivity index is 1.98. The van der Waals surface area contributed by atoms with Gasteiger partial charge in [-0.15, -0.1) is 0 Å². The molecule has 1 heterocycles. The Hall–Kier alpha value is -0.490. The molecular weight excluding hydrogens is 323 g/mol. The molecule has 1 aliphatic heterocycles. The summed E-state index contributed by atoms with van der Waals surface area (Å²) in [6.07, 6.45) is 0. The number of nitrogens with zero attached hydrogens (tertiary/aromatic N) is 1. The molecule has 1 fully saturated rings. The number of morpholine rings is 1. The van der Waals surface area contributed by atoms with Crippen molar-refractivity contribution in [2.24, 2.45) is 0 Å². The zero-order valence-corrected chi connectivity index (χ0v) is 13.6. The summed E-state index contributed by atoms with van der Waals surface area (Å²) < 4.78 is 19.4. The number of ether oxygens (including phenoxy) is 1. The van der Waals surface area contributed by atoms with Crippen LogP contribution in [-0.4, -0.2) is 43.3 Å². The summed E-state index contributed by atoms with van der Waals surface area (Å²) in [6, 6.07) is 6.07. The van der Waals surface area contributed by atoms with Gasteiger partial charge in [0.25, 0.3) is 0 Å². The molecule has 0 aromatic heterocycles. The van der Waals surface area contributed by atoms with Crippen molar-refractivity contribution in [2.45, 2.75) is 32.5 Å². The van der Waals surface area contributed by atoms with Crippen LogP contribution in [0.4, 0.5) is 4.39 Å². The van der Waals surface area contributed by atoms with Crippen molar-refractivity contribution in [3.8, 4) is 0 Å². The van der Waals surface area contributed by atoms with Crippen LogP contribution in [0.1, 0.15) is 19.4 Å². The minimum atomic E-state index is -0.214. The minimum absolute atomic E-state index is 0.214. The molecule has 1 aliphatic rings. The Bertz CT molecular complexity index is 442. The van der Waals surface area contributed by atoms with E-state index in [1.54, 1.807) is 0 Å². The van der Waals surface area contributed by atoms with E-state index in [0.717, 1.165) is 38.4 Å². The van der Waals surface area contributed by atoms with Gasteiger partial charge in [0, 0.05) is 31.7 Å². The second kappa shape index (κ2) is 7.50. The SMILES string of the molecule is CC(C)NCC1COCCN1Cc1ccc(F)c(Br)c1. The van der Waals surface area contributed by atoms with Gasteiger partial charge >= 0.3 is 0 Å². The monoisotopic (exact) mass is 344 g/mol. The molecule has 1 aromatic rings. The van der Waals surface area contributed by atoms with Gasteiger partial charge in [0.15, 0.2) is 0 Å². The van der Waals surface area contributed by atoms with E-state index in [4.69, 9.17) is 4.74 Å². The van der Waals surface area contributed by atoms with Crippen LogP contribution in [0.3, 0.4) is 0 Å². The number of benzene rings is 1. The van der Waals surface area contributed by atoms with Crippen molar-refractivity contribution in [1.82, 2.24) is 10.2 Å². The molecule has 2 rings (SSSR count). The lowest BCUT2D eigenvalue weighted by atomic mass is 10.1. The molecule has 0 spiro atoms. The normalized spacial score (nSPS) is 20.6. The third-order valence-electron chi connectivity index (χ3n) is 3.48. The van der Waals surface area contributed by atoms with E-state index < -0.39 is 0 Å². The second-order valence-corrected chi connectivity index (χ2v) is 6.36. The minimum Gasteiger partial charge on any atom is -0.378 e. The fourth-order valence-corrected chi connectivity index (χ4v) is 2.76. The average Bonchev–Trinajstić information content (AvgIpc) is 2.42. The van der Waals surface area contributed by atoms with E-state index >= 15 is 0 Å². The highest BCUT2D eigenvalue weighted by Gasteiger charge is 2.23. The second-order valence-electron chi connectivity index (χ2n) is 5.51. The predicted octanol–water partition coefficient (Wildman–Crippen LogP) is 2.79. The molecule has 20 heavy (non-hydrogen) atoms. The standard InChI is InChI=1S/C15H22BrFN2O/c1-11(2)18-8-13-10-20-6-5-19(13)9-12-3-4-15(17)14(16)7-12/h3-4,7,11,13,18H,5-6,8-10H2,1-2H3. The van der Waals surface area contributed by atoms with Crippen molar-refractivity contribution < 1.29 is 9.13 Å². The molecule has 5 heteroatoms. The van der Waals surface area contributed by atoms with Crippen molar-refractivity contribution in [3.05, 3.63) is 34.1 Å². The maximum absolute atomic E-state index is 13.3. The van der Waals surface area contributed by atoms with Crippen LogP contribution in [0.15, 0.2) is 22.7 Å². The van der Waals surface area contributed by atoms with Crippen molar-refractivity contribution in [1.29, 1.82) is 0 Å². The summed E-state index contributed by atoms with van der Waals surface area (Å²) in [5, 5.41) is 3.46. The summed E-state index contributed by atoms with van der Waals surface area (Å²) in [6.45, 7) is 8.46. The van der Waals surface area contributed by atoms with Gasteiger partial charge in [-0.05, 0) is 33.6 Å². The van der Waals surface area contributed by atoms with Crippen molar-refractivity contribution in [2.75, 3.05) is 26.3 Å². The molecule has 1 unspecified atom stereocenters. The van der Waals surface area contributed by atoms with Gasteiger partial charge in [-0.3, -0.25) is 4.90 Å². The Labute approximate surface area is 128 Å². The van der Waals surface area contributed by atoms with E-state index in [2.05, 4.69) is 40.0 Å². The van der Waals surface area contributed by atoms with Gasteiger partial charge in [-0.2, -0.15) is 0 Å². The van der Waals surface area contributed by atoms with E-state index in [1.807, 2.05) is 12.1 Å². The summed E-state index contributed by atoms with van der Waals surface area (Å²) in [4.78, 5) is 2.40. The highest BCUT2D eigenvalue weighted by molar-refractivity contribution is 9.10. The largest absolute Gasteiger partial charge is 0.378 e. The number of nitrogens with one attached hydrogen (secondary N) is 1. The van der Waals surface area contributed by atoms with E-state index in [-0.39, 0.29) is 5.82 Å². The molecule has 0 amide bonds. The molecule has 1 N–H and O–H groups in total. The highest BCUT2D eigenvalue weighted by atomic mass is 79.9. The average molecular weight is 345 g/mol. The van der Waals surface area contributed by atoms with Crippen LogP contribution in [0.2, 0.25) is 0 Å². The predicted molar refractivity (Wildman–Crippen MR) is 82.3 cm³/mol. The molecule has 0 radical (unpaired) electrons. The van der Waals surface area contributed by atoms with Gasteiger partial charge in [-0.1, -0.05) is 19.9 Å². The molecule has 1 atom stereocenters. The maximum Gasteiger partial charge on any atom is 0.137 e. The Morgan fingerprint density at radius 2 is 2.30 bits per heavy atom. The third kappa shape index (κ3) is 4.52. The van der Waals surface area contributed by atoms with Crippen molar-refractivity contribution >= 4 is 15.9 Å². The van der Waals surface area contributed by atoms with Gasteiger partial charge in [0.05, 0.1) is 17.7 Å². The first-order valence-corrected chi connectivity index (χ1v) is 7.84. The third-order valence-corrected chi connectivity index (χ3v) is 4.09. The first kappa shape index (κ1) is 15.9. The number of hydrogen-bond acceptors (Lipinski definition) is 3. The lowest BCUT2D eigenvalue weighted by Crippen LogP contribution is -2.50. The van der Waals surface area contributed by atoms with Crippen LogP contribution in [0.5, 0.6) is 0 Å². The Kier molecular flexibility index (Phi) is 5.96. The van der Waals surface area contributed by atoms with Gasteiger partial charge < -0.3 is 10.1 Å². The fourth-order valence-electron chi connectivity index (χ4n) is 2.33. The molecular formula is C15H22BrFN2O. The number of hydrogen-bond donors (Lipinski definition) is 1. The lowest BCUT2D eigenvalue weighted by Gasteiger charge is -2.36. The Morgan fingerprint density at radius 1 is 1.50 bits per heavy atom. The van der Waals surface area contributed by atoms with Crippen LogP contribution in [0, 0.1) is 5.82 Å². The molecule has 3 nitrogen and oxygen atoms in total. The van der Waals surface area contributed by atoms with Crippen LogP contribution < -0.4 is 5.32 Å². The first-order valence-electron chi connectivity index (χ1n) is 7.05. The molecule has 0 saturated carbocycles. The molecule has 0 aliphatic carbocycles. The highest BCUT2D eigenvalue weighted by Crippen LogP contribution is 2.19. The van der Waals surface area contributed by atoms with Crippen LogP contribution >= 0.6 is 15.9 Å². The summed E-state index contributed by atoms with van der Waals surface area (Å²) >= 11 is 3.25. The first-order chi connectivity index (χ1) is 9.56. The number of rotatable bonds is 5. The molecule has 1 saturated heterocycles. The zero-order valence-electron chi connectivity index (χ0n) is 12.0. The van der Waals surface area contributed by atoms with Crippen LogP contribution in [0.25, 0.3) is 0 Å². The lowest BCUT2D eigenvalue weighted by molar-refractivity contribution is -0.0115. The Morgan fingerprint density at radius 3 is 3.00 bits per heavy atom. The van der Waals surface area contributed by atoms with Gasteiger partial charge in [0.2, 0.25) is 0 Å². The van der Waals surface area contributed by atoms with Gasteiger partial charge in [-0.25, -0.2) is 4.39 Å². The fraction of sp³-hybridized carbons (Fsp3) is 0.600. The van der Waals surface area contributed by atoms with Crippen molar-refractivity contribution in [3.63, 3.8) is 0 Å².